The summed E-state index contributed by atoms with van der Waals surface area (Å²) >= 11 is 0. The van der Waals surface area contributed by atoms with Crippen molar-refractivity contribution in [1.29, 1.82) is 0 Å². The molecule has 1 aromatic carbocycles. The van der Waals surface area contributed by atoms with E-state index in [9.17, 15) is 0 Å². The van der Waals surface area contributed by atoms with Crippen LogP contribution in [0.1, 0.15) is 22.9 Å². The van der Waals surface area contributed by atoms with E-state index in [2.05, 4.69) is 53.7 Å². The number of aryl methyl sites for hydroxylation is 2. The second-order valence-electron chi connectivity index (χ2n) is 5.72. The minimum Gasteiger partial charge on any atom is -0.481 e. The summed E-state index contributed by atoms with van der Waals surface area (Å²) in [6, 6.07) is 10.9. The fourth-order valence-corrected chi connectivity index (χ4v) is 2.75. The smallest absolute Gasteiger partial charge is 0.216 e. The van der Waals surface area contributed by atoms with Crippen LogP contribution in [0.15, 0.2) is 30.3 Å². The van der Waals surface area contributed by atoms with Gasteiger partial charge in [-0.05, 0) is 26.6 Å². The van der Waals surface area contributed by atoms with E-state index < -0.39 is 0 Å². The Hall–Kier alpha value is -1.85. The number of nitrogens with zero attached hydrogens (tertiary/aromatic N) is 3. The lowest BCUT2D eigenvalue weighted by Crippen LogP contribution is -2.31. The molecule has 1 atom stereocenters. The van der Waals surface area contributed by atoms with Crippen molar-refractivity contribution in [2.45, 2.75) is 19.5 Å². The molecular weight excluding hydrogens is 276 g/mol. The summed E-state index contributed by atoms with van der Waals surface area (Å²) in [6.07, 6.45) is 0. The van der Waals surface area contributed by atoms with Crippen LogP contribution in [-0.2, 0) is 13.6 Å². The van der Waals surface area contributed by atoms with Crippen molar-refractivity contribution in [1.82, 2.24) is 20.0 Å². The van der Waals surface area contributed by atoms with E-state index in [0.717, 1.165) is 30.2 Å². The summed E-state index contributed by atoms with van der Waals surface area (Å²) < 4.78 is 7.22. The first-order chi connectivity index (χ1) is 10.5. The molecule has 0 fully saturated rings. The molecule has 0 aliphatic rings. The van der Waals surface area contributed by atoms with E-state index in [1.165, 1.54) is 5.56 Å². The summed E-state index contributed by atoms with van der Waals surface area (Å²) in [6.45, 7) is 3.63. The van der Waals surface area contributed by atoms with E-state index >= 15 is 0 Å². The van der Waals surface area contributed by atoms with Gasteiger partial charge in [-0.1, -0.05) is 30.3 Å². The zero-order valence-corrected chi connectivity index (χ0v) is 14.1. The highest BCUT2D eigenvalue weighted by molar-refractivity contribution is 5.30. The summed E-state index contributed by atoms with van der Waals surface area (Å²) in [4.78, 5) is 2.23. The molecule has 5 heteroatoms. The summed E-state index contributed by atoms with van der Waals surface area (Å²) in [7, 11) is 7.80. The van der Waals surface area contributed by atoms with Gasteiger partial charge in [-0.15, -0.1) is 0 Å². The largest absolute Gasteiger partial charge is 0.481 e. The molecule has 5 nitrogen and oxygen atoms in total. The van der Waals surface area contributed by atoms with Crippen molar-refractivity contribution in [3.8, 4) is 5.88 Å². The maximum absolute atomic E-state index is 5.44. The average Bonchev–Trinajstić information content (AvgIpc) is 2.77. The summed E-state index contributed by atoms with van der Waals surface area (Å²) in [5.41, 5.74) is 3.44. The molecule has 1 heterocycles. The number of nitrogens with one attached hydrogen (secondary N) is 1. The molecule has 0 spiro atoms. The molecule has 0 aliphatic heterocycles. The molecule has 120 valence electrons. The molecule has 2 rings (SSSR count). The topological polar surface area (TPSA) is 42.3 Å². The number of aromatic nitrogens is 2. The highest BCUT2D eigenvalue weighted by atomic mass is 16.5. The van der Waals surface area contributed by atoms with E-state index in [1.54, 1.807) is 11.8 Å². The normalized spacial score (nSPS) is 12.6. The van der Waals surface area contributed by atoms with Crippen molar-refractivity contribution in [2.24, 2.45) is 7.05 Å². The molecule has 0 saturated heterocycles. The van der Waals surface area contributed by atoms with Gasteiger partial charge in [0.05, 0.1) is 18.4 Å². The van der Waals surface area contributed by atoms with Crippen LogP contribution in [0.4, 0.5) is 0 Å². The van der Waals surface area contributed by atoms with Gasteiger partial charge in [-0.2, -0.15) is 5.10 Å². The Morgan fingerprint density at radius 3 is 2.55 bits per heavy atom. The highest BCUT2D eigenvalue weighted by Gasteiger charge is 2.16. The zero-order valence-electron chi connectivity index (χ0n) is 14.1. The monoisotopic (exact) mass is 302 g/mol. The third-order valence-electron chi connectivity index (χ3n) is 3.93. The lowest BCUT2D eigenvalue weighted by molar-refractivity contribution is 0.287. The first kappa shape index (κ1) is 16.5. The maximum Gasteiger partial charge on any atom is 0.216 e. The first-order valence-electron chi connectivity index (χ1n) is 7.53. The number of hydrogen-bond acceptors (Lipinski definition) is 4. The molecule has 0 aliphatic carbocycles. The van der Waals surface area contributed by atoms with Crippen molar-refractivity contribution in [2.75, 3.05) is 27.7 Å². The second kappa shape index (κ2) is 7.42. The van der Waals surface area contributed by atoms with Gasteiger partial charge in [0.1, 0.15) is 0 Å². The van der Waals surface area contributed by atoms with Gasteiger partial charge < -0.3 is 15.0 Å². The zero-order chi connectivity index (χ0) is 16.1. The predicted molar refractivity (Wildman–Crippen MR) is 89.1 cm³/mol. The third kappa shape index (κ3) is 3.67. The Kier molecular flexibility index (Phi) is 5.57. The minimum absolute atomic E-state index is 0.337. The van der Waals surface area contributed by atoms with Crippen molar-refractivity contribution >= 4 is 0 Å². The van der Waals surface area contributed by atoms with E-state index in [1.807, 2.05) is 20.0 Å². The van der Waals surface area contributed by atoms with Gasteiger partial charge in [0.2, 0.25) is 5.88 Å². The summed E-state index contributed by atoms with van der Waals surface area (Å²) in [5.74, 6) is 0.825. The molecule has 0 amide bonds. The molecule has 1 unspecified atom stereocenters. The van der Waals surface area contributed by atoms with Crippen molar-refractivity contribution in [3.63, 3.8) is 0 Å². The Labute approximate surface area is 132 Å². The van der Waals surface area contributed by atoms with E-state index in [0.29, 0.717) is 6.04 Å². The molecule has 1 aromatic heterocycles. The minimum atomic E-state index is 0.337. The lowest BCUT2D eigenvalue weighted by atomic mass is 10.1. The van der Waals surface area contributed by atoms with Crippen LogP contribution in [0.5, 0.6) is 5.88 Å². The van der Waals surface area contributed by atoms with E-state index in [4.69, 9.17) is 4.74 Å². The third-order valence-corrected chi connectivity index (χ3v) is 3.93. The Bertz CT molecular complexity index is 592. The van der Waals surface area contributed by atoms with Crippen LogP contribution in [0.25, 0.3) is 0 Å². The summed E-state index contributed by atoms with van der Waals surface area (Å²) in [5, 5.41) is 7.95. The molecule has 0 saturated carbocycles. The van der Waals surface area contributed by atoms with Crippen LogP contribution >= 0.6 is 0 Å². The van der Waals surface area contributed by atoms with Crippen LogP contribution in [-0.4, -0.2) is 42.4 Å². The number of likely N-dealkylation sites (N-methyl/N-ethyl adjacent to an activating group) is 1. The first-order valence-corrected chi connectivity index (χ1v) is 7.53. The molecule has 0 bridgehead atoms. The fourth-order valence-electron chi connectivity index (χ4n) is 2.75. The number of methoxy groups -OCH3 is 1. The SMILES string of the molecule is COc1c(CNCC(c2ccccc2)N(C)C)c(C)nn1C. The number of rotatable bonds is 7. The van der Waals surface area contributed by atoms with Gasteiger partial charge in [-0.3, -0.25) is 0 Å². The van der Waals surface area contributed by atoms with Crippen LogP contribution < -0.4 is 10.1 Å². The van der Waals surface area contributed by atoms with Gasteiger partial charge >= 0.3 is 0 Å². The Morgan fingerprint density at radius 2 is 1.95 bits per heavy atom. The number of hydrogen-bond donors (Lipinski definition) is 1. The standard InChI is InChI=1S/C17H26N4O/c1-13-15(17(22-5)21(4)19-13)11-18-12-16(20(2)3)14-9-7-6-8-10-14/h6-10,16,18H,11-12H2,1-5H3. The van der Waals surface area contributed by atoms with Crippen molar-refractivity contribution < 1.29 is 4.74 Å². The average molecular weight is 302 g/mol. The molecular formula is C17H26N4O. The van der Waals surface area contributed by atoms with Crippen molar-refractivity contribution in [3.05, 3.63) is 47.2 Å². The lowest BCUT2D eigenvalue weighted by Gasteiger charge is -2.25. The van der Waals surface area contributed by atoms with Crippen LogP contribution in [0.3, 0.4) is 0 Å². The predicted octanol–water partition coefficient (Wildman–Crippen LogP) is 2.13. The Morgan fingerprint density at radius 1 is 1.27 bits per heavy atom. The fraction of sp³-hybridized carbons (Fsp3) is 0.471. The second-order valence-corrected chi connectivity index (χ2v) is 5.72. The maximum atomic E-state index is 5.44. The Balaban J connectivity index is 2.03. The van der Waals surface area contributed by atoms with Gasteiger partial charge in [0.15, 0.2) is 0 Å². The molecule has 0 radical (unpaired) electrons. The quantitative estimate of drug-likeness (QED) is 0.851. The number of benzene rings is 1. The van der Waals surface area contributed by atoms with Gasteiger partial charge in [0, 0.05) is 26.2 Å². The molecule has 2 aromatic rings. The van der Waals surface area contributed by atoms with Crippen LogP contribution in [0.2, 0.25) is 0 Å². The van der Waals surface area contributed by atoms with E-state index in [-0.39, 0.29) is 0 Å². The highest BCUT2D eigenvalue weighted by Crippen LogP contribution is 2.21. The van der Waals surface area contributed by atoms with Gasteiger partial charge in [-0.25, -0.2) is 4.68 Å². The number of ether oxygens (including phenoxy) is 1. The molecule has 1 N–H and O–H groups in total. The molecule has 22 heavy (non-hydrogen) atoms. The van der Waals surface area contributed by atoms with Crippen LogP contribution in [0, 0.1) is 6.92 Å². The van der Waals surface area contributed by atoms with Gasteiger partial charge in [0.25, 0.3) is 0 Å².